The number of hydrogen-bond acceptors (Lipinski definition) is 4. The Morgan fingerprint density at radius 2 is 2.24 bits per heavy atom. The average Bonchev–Trinajstić information content (AvgIpc) is 2.35. The van der Waals surface area contributed by atoms with Crippen LogP contribution in [0.1, 0.15) is 30.6 Å². The summed E-state index contributed by atoms with van der Waals surface area (Å²) in [6.45, 7) is 4.25. The Labute approximate surface area is 105 Å². The van der Waals surface area contributed by atoms with E-state index in [1.165, 1.54) is 12.1 Å². The van der Waals surface area contributed by atoms with Crippen molar-refractivity contribution in [1.29, 1.82) is 0 Å². The summed E-state index contributed by atoms with van der Waals surface area (Å²) in [7, 11) is 0. The van der Waals surface area contributed by atoms with E-state index < -0.39 is 4.92 Å². The molecule has 0 N–H and O–H groups in total. The van der Waals surface area contributed by atoms with Gasteiger partial charge in [-0.1, -0.05) is 20.3 Å². The molecule has 1 rings (SSSR count). The van der Waals surface area contributed by atoms with Crippen LogP contribution >= 0.6 is 11.8 Å². The molecule has 1 unspecified atom stereocenters. The third kappa shape index (κ3) is 3.85. The first-order chi connectivity index (χ1) is 8.08. The number of carbonyl (C=O) groups excluding carboxylic acids is 1. The Morgan fingerprint density at radius 1 is 1.53 bits per heavy atom. The molecule has 0 fully saturated rings. The Kier molecular flexibility index (Phi) is 5.15. The number of rotatable bonds is 6. The fraction of sp³-hybridized carbons (Fsp3) is 0.417. The van der Waals surface area contributed by atoms with Gasteiger partial charge in [0.05, 0.1) is 4.92 Å². The number of nitro groups is 1. The van der Waals surface area contributed by atoms with Crippen LogP contribution < -0.4 is 0 Å². The summed E-state index contributed by atoms with van der Waals surface area (Å²) < 4.78 is 0. The van der Waals surface area contributed by atoms with E-state index in [1.54, 1.807) is 17.8 Å². The van der Waals surface area contributed by atoms with Crippen LogP contribution in [0, 0.1) is 16.0 Å². The summed E-state index contributed by atoms with van der Waals surface area (Å²) in [5, 5.41) is 10.6. The molecule has 0 radical (unpaired) electrons. The summed E-state index contributed by atoms with van der Waals surface area (Å²) in [5.41, 5.74) is 0.354. The molecule has 0 aliphatic heterocycles. The molecule has 0 amide bonds. The third-order valence-corrected chi connectivity index (χ3v) is 3.97. The van der Waals surface area contributed by atoms with Gasteiger partial charge in [0.2, 0.25) is 0 Å². The highest BCUT2D eigenvalue weighted by atomic mass is 32.2. The van der Waals surface area contributed by atoms with E-state index >= 15 is 0 Å². The fourth-order valence-electron chi connectivity index (χ4n) is 1.22. The van der Waals surface area contributed by atoms with Crippen molar-refractivity contribution in [3.05, 3.63) is 33.9 Å². The normalized spacial score (nSPS) is 12.1. The zero-order valence-electron chi connectivity index (χ0n) is 9.88. The summed E-state index contributed by atoms with van der Waals surface area (Å²) >= 11 is 1.57. The first-order valence-electron chi connectivity index (χ1n) is 5.44. The van der Waals surface area contributed by atoms with Gasteiger partial charge in [-0.25, -0.2) is 0 Å². The summed E-state index contributed by atoms with van der Waals surface area (Å²) in [6, 6.07) is 4.41. The number of nitro benzene ring substituents is 1. The van der Waals surface area contributed by atoms with E-state index in [0.29, 0.717) is 17.8 Å². The maximum absolute atomic E-state index is 10.9. The minimum Gasteiger partial charge on any atom is -0.298 e. The predicted octanol–water partition coefficient (Wildman–Crippen LogP) is 3.55. The van der Waals surface area contributed by atoms with Gasteiger partial charge in [-0.3, -0.25) is 14.9 Å². The zero-order valence-corrected chi connectivity index (χ0v) is 10.7. The van der Waals surface area contributed by atoms with Crippen LogP contribution in [0.25, 0.3) is 0 Å². The van der Waals surface area contributed by atoms with Crippen molar-refractivity contribution in [2.24, 2.45) is 5.92 Å². The molecule has 1 aromatic carbocycles. The minimum absolute atomic E-state index is 0.0417. The molecular formula is C12H15NO3S. The first-order valence-corrected chi connectivity index (χ1v) is 6.43. The zero-order chi connectivity index (χ0) is 12.8. The molecule has 0 bridgehead atoms. The molecule has 1 aromatic rings. The molecule has 0 aliphatic carbocycles. The molecule has 4 nitrogen and oxygen atoms in total. The van der Waals surface area contributed by atoms with E-state index in [1.807, 2.05) is 0 Å². The second kappa shape index (κ2) is 6.39. The van der Waals surface area contributed by atoms with E-state index in [9.17, 15) is 14.9 Å². The predicted molar refractivity (Wildman–Crippen MR) is 68.7 cm³/mol. The van der Waals surface area contributed by atoms with E-state index in [2.05, 4.69) is 13.8 Å². The molecule has 0 heterocycles. The lowest BCUT2D eigenvalue weighted by Crippen LogP contribution is -1.97. The van der Waals surface area contributed by atoms with Gasteiger partial charge in [0.25, 0.3) is 5.69 Å². The van der Waals surface area contributed by atoms with Crippen LogP contribution in [-0.4, -0.2) is 17.0 Å². The molecule has 5 heteroatoms. The Morgan fingerprint density at radius 3 is 2.76 bits per heavy atom. The van der Waals surface area contributed by atoms with Gasteiger partial charge in [-0.15, -0.1) is 11.8 Å². The molecule has 0 spiro atoms. The van der Waals surface area contributed by atoms with Gasteiger partial charge >= 0.3 is 0 Å². The summed E-state index contributed by atoms with van der Waals surface area (Å²) in [5.74, 6) is 1.48. The van der Waals surface area contributed by atoms with Crippen molar-refractivity contribution in [3.8, 4) is 0 Å². The van der Waals surface area contributed by atoms with Crippen LogP contribution in [0.5, 0.6) is 0 Å². The number of aldehydes is 1. The van der Waals surface area contributed by atoms with E-state index in [4.69, 9.17) is 0 Å². The van der Waals surface area contributed by atoms with Crippen LogP contribution in [0.3, 0.4) is 0 Å². The van der Waals surface area contributed by atoms with Gasteiger partial charge < -0.3 is 0 Å². The smallest absolute Gasteiger partial charge is 0.270 e. The van der Waals surface area contributed by atoms with Crippen molar-refractivity contribution in [2.75, 3.05) is 5.75 Å². The highest BCUT2D eigenvalue weighted by Crippen LogP contribution is 2.27. The Bertz CT molecular complexity index is 420. The van der Waals surface area contributed by atoms with E-state index in [-0.39, 0.29) is 5.69 Å². The number of benzene rings is 1. The van der Waals surface area contributed by atoms with Crippen molar-refractivity contribution in [2.45, 2.75) is 25.2 Å². The average molecular weight is 253 g/mol. The van der Waals surface area contributed by atoms with Gasteiger partial charge in [0.15, 0.2) is 6.29 Å². The molecule has 1 atom stereocenters. The fourth-order valence-corrected chi connectivity index (χ4v) is 2.36. The van der Waals surface area contributed by atoms with Crippen LogP contribution in [0.15, 0.2) is 23.1 Å². The van der Waals surface area contributed by atoms with Crippen molar-refractivity contribution in [3.63, 3.8) is 0 Å². The molecular weight excluding hydrogens is 238 g/mol. The second-order valence-corrected chi connectivity index (χ2v) is 4.98. The summed E-state index contributed by atoms with van der Waals surface area (Å²) in [6.07, 6.45) is 1.75. The number of carbonyl (C=O) groups is 1. The van der Waals surface area contributed by atoms with Gasteiger partial charge in [-0.2, -0.15) is 0 Å². The topological polar surface area (TPSA) is 60.2 Å². The van der Waals surface area contributed by atoms with Gasteiger partial charge in [0, 0.05) is 28.3 Å². The second-order valence-electron chi connectivity index (χ2n) is 3.92. The van der Waals surface area contributed by atoms with Gasteiger partial charge in [0.1, 0.15) is 0 Å². The molecule has 0 aromatic heterocycles. The lowest BCUT2D eigenvalue weighted by atomic mass is 10.2. The largest absolute Gasteiger partial charge is 0.298 e. The number of nitrogens with zero attached hydrogens (tertiary/aromatic N) is 1. The van der Waals surface area contributed by atoms with Crippen molar-refractivity contribution in [1.82, 2.24) is 0 Å². The maximum Gasteiger partial charge on any atom is 0.270 e. The quantitative estimate of drug-likeness (QED) is 0.336. The summed E-state index contributed by atoms with van der Waals surface area (Å²) in [4.78, 5) is 21.8. The lowest BCUT2D eigenvalue weighted by molar-refractivity contribution is -0.384. The Hall–Kier alpha value is -1.36. The first kappa shape index (κ1) is 13.7. The number of thioether (sulfide) groups is 1. The SMILES string of the molecule is CCC(C)CSc1ccc([N+](=O)[O-])cc1C=O. The van der Waals surface area contributed by atoms with Crippen LogP contribution in [0.4, 0.5) is 5.69 Å². The van der Waals surface area contributed by atoms with Gasteiger partial charge in [-0.05, 0) is 12.0 Å². The monoisotopic (exact) mass is 253 g/mol. The third-order valence-electron chi connectivity index (χ3n) is 2.55. The molecule has 0 saturated carbocycles. The van der Waals surface area contributed by atoms with Crippen molar-refractivity contribution >= 4 is 23.7 Å². The minimum atomic E-state index is -0.490. The highest BCUT2D eigenvalue weighted by molar-refractivity contribution is 7.99. The molecule has 0 saturated heterocycles. The number of non-ortho nitro benzene ring substituents is 1. The molecule has 17 heavy (non-hydrogen) atoms. The maximum atomic E-state index is 10.9. The Balaban J connectivity index is 2.85. The molecule has 92 valence electrons. The van der Waals surface area contributed by atoms with E-state index in [0.717, 1.165) is 17.1 Å². The van der Waals surface area contributed by atoms with Crippen LogP contribution in [0.2, 0.25) is 0 Å². The molecule has 0 aliphatic rings. The van der Waals surface area contributed by atoms with Crippen LogP contribution in [-0.2, 0) is 0 Å². The lowest BCUT2D eigenvalue weighted by Gasteiger charge is -2.08. The highest BCUT2D eigenvalue weighted by Gasteiger charge is 2.11. The van der Waals surface area contributed by atoms with Crippen molar-refractivity contribution < 1.29 is 9.72 Å². The standard InChI is InChI=1S/C12H15NO3S/c1-3-9(2)8-17-12-5-4-11(13(15)16)6-10(12)7-14/h4-7,9H,3,8H2,1-2H3. The number of hydrogen-bond donors (Lipinski definition) is 0.